The van der Waals surface area contributed by atoms with E-state index in [0.29, 0.717) is 0 Å². The molecule has 4 rings (SSSR count). The fourth-order valence-electron chi connectivity index (χ4n) is 3.24. The number of fused-ring (bicyclic) bond motifs is 2. The zero-order valence-corrected chi connectivity index (χ0v) is 19.3. The summed E-state index contributed by atoms with van der Waals surface area (Å²) >= 11 is 3.61. The zero-order valence-electron chi connectivity index (χ0n) is 15.5. The molecule has 0 fully saturated rings. The molecule has 5 heteroatoms. The molecule has 3 aromatic rings. The second-order valence-corrected chi connectivity index (χ2v) is 8.34. The maximum atomic E-state index is 3.91. The Morgan fingerprint density at radius 2 is 1.82 bits per heavy atom. The van der Waals surface area contributed by atoms with Crippen LogP contribution in [0.1, 0.15) is 5.01 Å². The Morgan fingerprint density at radius 3 is 2.64 bits per heavy atom. The van der Waals surface area contributed by atoms with E-state index in [0.717, 1.165) is 24.5 Å². The van der Waals surface area contributed by atoms with Gasteiger partial charge in [-0.1, -0.05) is 65.8 Å². The first-order valence-corrected chi connectivity index (χ1v) is 10.6. The van der Waals surface area contributed by atoms with E-state index in [1.165, 1.54) is 25.8 Å². The Morgan fingerprint density at radius 1 is 1.04 bits per heavy atom. The maximum Gasteiger partial charge on any atom is 0.243 e. The van der Waals surface area contributed by atoms with Crippen molar-refractivity contribution in [2.24, 2.45) is 0 Å². The summed E-state index contributed by atoms with van der Waals surface area (Å²) in [6.07, 6.45) is 6.90. The minimum atomic E-state index is 0. The van der Waals surface area contributed by atoms with Gasteiger partial charge < -0.3 is 28.9 Å². The number of nitrogens with zero attached hydrogens (tertiary/aromatic N) is 2. The molecule has 1 aromatic heterocycles. The summed E-state index contributed by atoms with van der Waals surface area (Å²) in [5.74, 6) is 0. The highest BCUT2D eigenvalue weighted by atomic mass is 127. The van der Waals surface area contributed by atoms with Crippen LogP contribution >= 0.6 is 23.1 Å². The molecule has 0 saturated carbocycles. The Hall–Kier alpha value is -1.79. The first kappa shape index (κ1) is 20.9. The van der Waals surface area contributed by atoms with E-state index in [1.54, 1.807) is 11.8 Å². The van der Waals surface area contributed by atoms with Crippen LogP contribution in [-0.4, -0.2) is 6.54 Å². The van der Waals surface area contributed by atoms with Crippen molar-refractivity contribution in [3.63, 3.8) is 0 Å². The molecule has 2 aromatic carbocycles. The Bertz CT molecular complexity index is 1080. The van der Waals surface area contributed by atoms with E-state index >= 15 is 0 Å². The van der Waals surface area contributed by atoms with Crippen LogP contribution in [0.5, 0.6) is 0 Å². The number of benzene rings is 2. The van der Waals surface area contributed by atoms with Gasteiger partial charge in [0.05, 0.1) is 12.1 Å². The molecular weight excluding hydrogens is 495 g/mol. The van der Waals surface area contributed by atoms with Crippen LogP contribution in [0.2, 0.25) is 0 Å². The van der Waals surface area contributed by atoms with Crippen molar-refractivity contribution in [3.05, 3.63) is 95.7 Å². The molecule has 142 valence electrons. The molecule has 0 unspecified atom stereocenters. The fraction of sp³-hybridized carbons (Fsp3) is 0.130. The van der Waals surface area contributed by atoms with Crippen LogP contribution < -0.4 is 33.4 Å². The molecule has 0 N–H and O–H groups in total. The number of thioether (sulfide) groups is 1. The van der Waals surface area contributed by atoms with Crippen molar-refractivity contribution < 1.29 is 28.5 Å². The number of rotatable bonds is 6. The SMILES string of the molecule is C=CCN1C(=C=CCc2sc3ccccc3[n+]2CC=C)Sc2ccccc21.[I-]. The van der Waals surface area contributed by atoms with E-state index in [-0.39, 0.29) is 24.0 Å². The minimum Gasteiger partial charge on any atom is -1.00 e. The molecule has 1 aliphatic rings. The third-order valence-corrected chi connectivity index (χ3v) is 6.70. The van der Waals surface area contributed by atoms with Gasteiger partial charge in [0.15, 0.2) is 6.54 Å². The summed E-state index contributed by atoms with van der Waals surface area (Å²) in [4.78, 5) is 3.55. The predicted octanol–water partition coefficient (Wildman–Crippen LogP) is 2.72. The van der Waals surface area contributed by atoms with Crippen LogP contribution in [0.3, 0.4) is 0 Å². The molecule has 0 amide bonds. The first-order chi connectivity index (χ1) is 13.3. The average molecular weight is 516 g/mol. The molecule has 0 spiro atoms. The van der Waals surface area contributed by atoms with Crippen molar-refractivity contribution in [3.8, 4) is 0 Å². The molecular formula is C23H21IN2S2. The summed E-state index contributed by atoms with van der Waals surface area (Å²) in [6, 6.07) is 17.0. The predicted molar refractivity (Wildman–Crippen MR) is 117 cm³/mol. The van der Waals surface area contributed by atoms with Crippen molar-refractivity contribution in [2.75, 3.05) is 11.4 Å². The number of aromatic nitrogens is 1. The molecule has 0 aliphatic carbocycles. The maximum absolute atomic E-state index is 3.91. The number of para-hydroxylation sites is 2. The van der Waals surface area contributed by atoms with Gasteiger partial charge in [0.25, 0.3) is 0 Å². The summed E-state index contributed by atoms with van der Waals surface area (Å²) < 4.78 is 3.65. The topological polar surface area (TPSA) is 7.12 Å². The van der Waals surface area contributed by atoms with Gasteiger partial charge in [0, 0.05) is 17.5 Å². The van der Waals surface area contributed by atoms with Crippen LogP contribution in [0, 0.1) is 0 Å². The van der Waals surface area contributed by atoms with Crippen LogP contribution in [0.15, 0.2) is 95.6 Å². The molecule has 2 heterocycles. The van der Waals surface area contributed by atoms with Gasteiger partial charge in [-0.05, 0) is 30.4 Å². The number of thiazole rings is 1. The van der Waals surface area contributed by atoms with E-state index in [9.17, 15) is 0 Å². The Kier molecular flexibility index (Phi) is 7.18. The van der Waals surface area contributed by atoms with Gasteiger partial charge in [-0.3, -0.25) is 0 Å². The minimum absolute atomic E-state index is 0. The quantitative estimate of drug-likeness (QED) is 0.215. The number of hydrogen-bond acceptors (Lipinski definition) is 3. The van der Waals surface area contributed by atoms with E-state index in [4.69, 9.17) is 0 Å². The lowest BCUT2D eigenvalue weighted by atomic mass is 10.3. The lowest BCUT2D eigenvalue weighted by molar-refractivity contribution is -0.663. The highest BCUT2D eigenvalue weighted by molar-refractivity contribution is 8.03. The molecule has 0 radical (unpaired) electrons. The summed E-state index contributed by atoms with van der Waals surface area (Å²) in [5.41, 5.74) is 6.04. The monoisotopic (exact) mass is 516 g/mol. The molecule has 2 nitrogen and oxygen atoms in total. The summed E-state index contributed by atoms with van der Waals surface area (Å²) in [6.45, 7) is 9.43. The number of halogens is 1. The highest BCUT2D eigenvalue weighted by Crippen LogP contribution is 2.45. The van der Waals surface area contributed by atoms with Crippen molar-refractivity contribution >= 4 is 39.0 Å². The van der Waals surface area contributed by atoms with Crippen LogP contribution in [0.4, 0.5) is 5.69 Å². The van der Waals surface area contributed by atoms with Gasteiger partial charge in [-0.15, -0.1) is 6.58 Å². The smallest absolute Gasteiger partial charge is 0.243 e. The Balaban J connectivity index is 0.00000225. The molecule has 0 bridgehead atoms. The number of allylic oxidation sites excluding steroid dienone is 2. The third kappa shape index (κ3) is 4.13. The normalized spacial score (nSPS) is 12.3. The zero-order chi connectivity index (χ0) is 18.6. The van der Waals surface area contributed by atoms with Crippen molar-refractivity contribution in [1.29, 1.82) is 0 Å². The largest absolute Gasteiger partial charge is 1.00 e. The standard InChI is InChI=1S/C23H21N2S2.HI/c1-3-16-24-18-10-5-7-12-20(18)26-22(24)14-9-15-23-25(17-4-2)19-11-6-8-13-21(19)27-23;/h3-13H,1-2,14,16-17H2;1H/q+1;/p-1. The van der Waals surface area contributed by atoms with Gasteiger partial charge in [0.1, 0.15) is 9.73 Å². The van der Waals surface area contributed by atoms with Gasteiger partial charge in [0.2, 0.25) is 10.5 Å². The van der Waals surface area contributed by atoms with Gasteiger partial charge in [-0.25, -0.2) is 0 Å². The third-order valence-electron chi connectivity index (χ3n) is 4.42. The second-order valence-electron chi connectivity index (χ2n) is 6.19. The molecule has 28 heavy (non-hydrogen) atoms. The average Bonchev–Trinajstić information content (AvgIpc) is 3.21. The van der Waals surface area contributed by atoms with Crippen molar-refractivity contribution in [2.45, 2.75) is 17.9 Å². The first-order valence-electron chi connectivity index (χ1n) is 8.93. The second kappa shape index (κ2) is 9.61. The van der Waals surface area contributed by atoms with E-state index in [2.05, 4.69) is 83.0 Å². The fourth-order valence-corrected chi connectivity index (χ4v) is 5.44. The lowest BCUT2D eigenvalue weighted by Crippen LogP contribution is -3.00. The van der Waals surface area contributed by atoms with Gasteiger partial charge >= 0.3 is 0 Å². The molecule has 0 saturated heterocycles. The van der Waals surface area contributed by atoms with Crippen molar-refractivity contribution in [1.82, 2.24) is 0 Å². The molecule has 1 aliphatic heterocycles. The summed E-state index contributed by atoms with van der Waals surface area (Å²) in [5, 5.41) is 2.45. The summed E-state index contributed by atoms with van der Waals surface area (Å²) in [7, 11) is 0. The molecule has 0 atom stereocenters. The van der Waals surface area contributed by atoms with Gasteiger partial charge in [-0.2, -0.15) is 4.57 Å². The number of hydrogen-bond donors (Lipinski definition) is 0. The number of anilines is 1. The Labute approximate surface area is 191 Å². The van der Waals surface area contributed by atoms with Crippen LogP contribution in [-0.2, 0) is 13.0 Å². The van der Waals surface area contributed by atoms with E-state index in [1.807, 2.05) is 23.5 Å². The van der Waals surface area contributed by atoms with E-state index < -0.39 is 0 Å². The highest BCUT2D eigenvalue weighted by Gasteiger charge is 2.23. The lowest BCUT2D eigenvalue weighted by Gasteiger charge is -2.16. The van der Waals surface area contributed by atoms with Crippen LogP contribution in [0.25, 0.3) is 10.2 Å².